The maximum Gasteiger partial charge on any atom is 0.124 e. The van der Waals surface area contributed by atoms with Crippen LogP contribution in [-0.4, -0.2) is 6.61 Å². The van der Waals surface area contributed by atoms with E-state index in [2.05, 4.69) is 6.07 Å². The molecule has 0 fully saturated rings. The molecule has 80 valence electrons. The van der Waals surface area contributed by atoms with Crippen LogP contribution in [0.4, 0.5) is 5.69 Å². The number of benzene rings is 1. The lowest BCUT2D eigenvalue weighted by Crippen LogP contribution is -2.00. The Morgan fingerprint density at radius 3 is 2.73 bits per heavy atom. The number of hydrogen-bond acceptors (Lipinski definition) is 3. The quantitative estimate of drug-likeness (QED) is 0.605. The highest BCUT2D eigenvalue weighted by molar-refractivity contribution is 5.54. The van der Waals surface area contributed by atoms with Crippen LogP contribution in [0.1, 0.15) is 24.0 Å². The van der Waals surface area contributed by atoms with E-state index in [9.17, 15) is 0 Å². The second-order valence-corrected chi connectivity index (χ2v) is 3.58. The highest BCUT2D eigenvalue weighted by Crippen LogP contribution is 2.24. The summed E-state index contributed by atoms with van der Waals surface area (Å²) >= 11 is 0. The molecule has 1 aromatic rings. The molecule has 0 spiro atoms. The lowest BCUT2D eigenvalue weighted by molar-refractivity contribution is 0.311. The average Bonchev–Trinajstić information content (AvgIpc) is 2.20. The summed E-state index contributed by atoms with van der Waals surface area (Å²) in [7, 11) is 0. The van der Waals surface area contributed by atoms with Gasteiger partial charge in [-0.05, 0) is 31.4 Å². The number of rotatable bonds is 4. The van der Waals surface area contributed by atoms with Crippen molar-refractivity contribution in [3.63, 3.8) is 0 Å². The number of nitriles is 1. The molecule has 0 aromatic heterocycles. The topological polar surface area (TPSA) is 59.0 Å². The lowest BCUT2D eigenvalue weighted by atomic mass is 10.1. The van der Waals surface area contributed by atoms with Gasteiger partial charge in [0, 0.05) is 18.2 Å². The fraction of sp³-hybridized carbons (Fsp3) is 0.417. The third kappa shape index (κ3) is 3.17. The van der Waals surface area contributed by atoms with Crippen molar-refractivity contribution < 1.29 is 4.74 Å². The van der Waals surface area contributed by atoms with Crippen molar-refractivity contribution in [2.24, 2.45) is 0 Å². The Balaban J connectivity index is 2.62. The first-order valence-electron chi connectivity index (χ1n) is 5.01. The Morgan fingerprint density at radius 2 is 2.07 bits per heavy atom. The summed E-state index contributed by atoms with van der Waals surface area (Å²) in [5, 5.41) is 8.37. The molecule has 1 aromatic carbocycles. The number of nitrogens with zero attached hydrogens (tertiary/aromatic N) is 1. The monoisotopic (exact) mass is 204 g/mol. The van der Waals surface area contributed by atoms with Gasteiger partial charge in [-0.3, -0.25) is 0 Å². The second-order valence-electron chi connectivity index (χ2n) is 3.58. The molecule has 1 rings (SSSR count). The molecule has 0 atom stereocenters. The third-order valence-electron chi connectivity index (χ3n) is 2.25. The molecule has 0 unspecified atom stereocenters. The molecule has 0 amide bonds. The molecule has 0 aliphatic carbocycles. The number of aryl methyl sites for hydroxylation is 2. The zero-order valence-electron chi connectivity index (χ0n) is 9.21. The number of ether oxygens (including phenoxy) is 1. The van der Waals surface area contributed by atoms with E-state index in [4.69, 9.17) is 15.7 Å². The molecule has 3 nitrogen and oxygen atoms in total. The zero-order valence-corrected chi connectivity index (χ0v) is 9.21. The van der Waals surface area contributed by atoms with Crippen molar-refractivity contribution in [3.8, 4) is 11.8 Å². The van der Waals surface area contributed by atoms with E-state index < -0.39 is 0 Å². The van der Waals surface area contributed by atoms with Crippen LogP contribution in [0, 0.1) is 25.2 Å². The van der Waals surface area contributed by atoms with Crippen molar-refractivity contribution in [3.05, 3.63) is 23.3 Å². The van der Waals surface area contributed by atoms with Gasteiger partial charge in [-0.1, -0.05) is 6.07 Å². The van der Waals surface area contributed by atoms with Crippen LogP contribution in [0.3, 0.4) is 0 Å². The number of unbranched alkanes of at least 4 members (excludes halogenated alkanes) is 1. The Labute approximate surface area is 90.5 Å². The number of nitrogen functional groups attached to an aromatic ring is 1. The molecule has 0 saturated carbocycles. The van der Waals surface area contributed by atoms with Crippen LogP contribution >= 0.6 is 0 Å². The maximum atomic E-state index is 8.37. The van der Waals surface area contributed by atoms with Gasteiger partial charge in [-0.2, -0.15) is 5.26 Å². The van der Waals surface area contributed by atoms with Crippen LogP contribution in [0.25, 0.3) is 0 Å². The van der Waals surface area contributed by atoms with Crippen LogP contribution < -0.4 is 10.5 Å². The Morgan fingerprint density at radius 1 is 1.33 bits per heavy atom. The highest BCUT2D eigenvalue weighted by atomic mass is 16.5. The second kappa shape index (κ2) is 5.26. The van der Waals surface area contributed by atoms with Crippen molar-refractivity contribution in [1.29, 1.82) is 5.26 Å². The van der Waals surface area contributed by atoms with Gasteiger partial charge in [0.1, 0.15) is 5.75 Å². The third-order valence-corrected chi connectivity index (χ3v) is 2.25. The average molecular weight is 204 g/mol. The first-order valence-corrected chi connectivity index (χ1v) is 5.01. The molecule has 0 radical (unpaired) electrons. The van der Waals surface area contributed by atoms with Gasteiger partial charge < -0.3 is 10.5 Å². The Kier molecular flexibility index (Phi) is 3.99. The molecule has 0 heterocycles. The minimum Gasteiger partial charge on any atom is -0.493 e. The number of hydrogen-bond donors (Lipinski definition) is 1. The minimum absolute atomic E-state index is 0.528. The van der Waals surface area contributed by atoms with E-state index >= 15 is 0 Å². The fourth-order valence-corrected chi connectivity index (χ4v) is 1.34. The van der Waals surface area contributed by atoms with E-state index in [1.165, 1.54) is 0 Å². The first kappa shape index (κ1) is 11.4. The highest BCUT2D eigenvalue weighted by Gasteiger charge is 2.02. The van der Waals surface area contributed by atoms with Crippen LogP contribution in [0.2, 0.25) is 0 Å². The summed E-state index contributed by atoms with van der Waals surface area (Å²) in [6.07, 6.45) is 1.28. The molecule has 0 aliphatic heterocycles. The van der Waals surface area contributed by atoms with E-state index in [1.54, 1.807) is 0 Å². The summed E-state index contributed by atoms with van der Waals surface area (Å²) in [4.78, 5) is 0. The van der Waals surface area contributed by atoms with Crippen molar-refractivity contribution >= 4 is 5.69 Å². The largest absolute Gasteiger partial charge is 0.493 e. The standard InChI is InChI=1S/C12H16N2O/c1-9-7-10(2)12(8-11(9)14)15-6-4-3-5-13/h7-8H,3-4,6,14H2,1-2H3. The van der Waals surface area contributed by atoms with Gasteiger partial charge >= 0.3 is 0 Å². The smallest absolute Gasteiger partial charge is 0.124 e. The molecule has 0 aliphatic rings. The fourth-order valence-electron chi connectivity index (χ4n) is 1.34. The SMILES string of the molecule is Cc1cc(C)c(OCCCC#N)cc1N. The van der Waals surface area contributed by atoms with E-state index in [1.807, 2.05) is 26.0 Å². The van der Waals surface area contributed by atoms with Gasteiger partial charge in [0.15, 0.2) is 0 Å². The molecule has 0 bridgehead atoms. The van der Waals surface area contributed by atoms with E-state index in [0.29, 0.717) is 13.0 Å². The Hall–Kier alpha value is -1.69. The van der Waals surface area contributed by atoms with Crippen LogP contribution in [-0.2, 0) is 0 Å². The molecule has 3 heteroatoms. The van der Waals surface area contributed by atoms with Crippen LogP contribution in [0.15, 0.2) is 12.1 Å². The predicted octanol–water partition coefficient (Wildman–Crippen LogP) is 2.57. The number of anilines is 1. The molecule has 15 heavy (non-hydrogen) atoms. The summed E-state index contributed by atoms with van der Waals surface area (Å²) in [5.41, 5.74) is 8.68. The molecule has 0 saturated heterocycles. The van der Waals surface area contributed by atoms with Gasteiger partial charge in [-0.15, -0.1) is 0 Å². The first-order chi connectivity index (χ1) is 7.15. The minimum atomic E-state index is 0.528. The number of nitrogens with two attached hydrogens (primary N) is 1. The van der Waals surface area contributed by atoms with Crippen LogP contribution in [0.5, 0.6) is 5.75 Å². The molecular formula is C12H16N2O. The molecular weight excluding hydrogens is 188 g/mol. The summed E-state index contributed by atoms with van der Waals surface area (Å²) in [5.74, 6) is 0.816. The maximum absolute atomic E-state index is 8.37. The van der Waals surface area contributed by atoms with E-state index in [-0.39, 0.29) is 0 Å². The van der Waals surface area contributed by atoms with Gasteiger partial charge in [-0.25, -0.2) is 0 Å². The van der Waals surface area contributed by atoms with Gasteiger partial charge in [0.05, 0.1) is 12.7 Å². The predicted molar refractivity (Wildman–Crippen MR) is 60.7 cm³/mol. The van der Waals surface area contributed by atoms with Crippen molar-refractivity contribution in [1.82, 2.24) is 0 Å². The molecule has 2 N–H and O–H groups in total. The Bertz CT molecular complexity index is 380. The summed E-state index contributed by atoms with van der Waals surface area (Å²) in [6, 6.07) is 5.94. The van der Waals surface area contributed by atoms with Crippen molar-refractivity contribution in [2.45, 2.75) is 26.7 Å². The van der Waals surface area contributed by atoms with Gasteiger partial charge in [0.25, 0.3) is 0 Å². The van der Waals surface area contributed by atoms with Gasteiger partial charge in [0.2, 0.25) is 0 Å². The van der Waals surface area contributed by atoms with Crippen molar-refractivity contribution in [2.75, 3.05) is 12.3 Å². The zero-order chi connectivity index (χ0) is 11.3. The summed E-state index contributed by atoms with van der Waals surface area (Å²) in [6.45, 7) is 4.53. The normalized spacial score (nSPS) is 9.67. The van der Waals surface area contributed by atoms with E-state index in [0.717, 1.165) is 29.0 Å². The lowest BCUT2D eigenvalue weighted by Gasteiger charge is -2.10. The summed E-state index contributed by atoms with van der Waals surface area (Å²) < 4.78 is 5.54.